The van der Waals surface area contributed by atoms with E-state index in [1.807, 2.05) is 0 Å². The smallest absolute Gasteiger partial charge is 0.328 e. The van der Waals surface area contributed by atoms with Crippen LogP contribution >= 0.6 is 0 Å². The Morgan fingerprint density at radius 1 is 1.67 bits per heavy atom. The van der Waals surface area contributed by atoms with E-state index in [0.717, 1.165) is 6.42 Å². The van der Waals surface area contributed by atoms with E-state index in [4.69, 9.17) is 9.84 Å². The van der Waals surface area contributed by atoms with Crippen LogP contribution in [0.2, 0.25) is 0 Å². The van der Waals surface area contributed by atoms with Crippen molar-refractivity contribution in [3.8, 4) is 0 Å². The quantitative estimate of drug-likeness (QED) is 0.664. The van der Waals surface area contributed by atoms with E-state index in [1.54, 1.807) is 0 Å². The summed E-state index contributed by atoms with van der Waals surface area (Å²) < 4.78 is 5.19. The maximum Gasteiger partial charge on any atom is 0.328 e. The molecule has 84 valence electrons. The Balaban J connectivity index is 1.97. The number of carbonyl (C=O) groups is 2. The molecular weight excluding hydrogens is 200 g/mol. The largest absolute Gasteiger partial charge is 0.480 e. The van der Waals surface area contributed by atoms with E-state index in [2.05, 4.69) is 5.32 Å². The van der Waals surface area contributed by atoms with E-state index < -0.39 is 12.0 Å². The predicted molar refractivity (Wildman–Crippen MR) is 50.5 cm³/mol. The van der Waals surface area contributed by atoms with Gasteiger partial charge in [0.2, 0.25) is 0 Å². The van der Waals surface area contributed by atoms with Crippen molar-refractivity contribution >= 4 is 12.0 Å². The number of carbonyl (C=O) groups excluding carboxylic acids is 1. The molecule has 2 amide bonds. The average Bonchev–Trinajstić information content (AvgIpc) is 2.78. The molecule has 15 heavy (non-hydrogen) atoms. The number of carboxylic acid groups (broad SMARTS) is 1. The first-order chi connectivity index (χ1) is 7.18. The fourth-order valence-corrected chi connectivity index (χ4v) is 1.97. The minimum absolute atomic E-state index is 0.196. The first kappa shape index (κ1) is 10.2. The molecular formula is C9H14N2O4. The highest BCUT2D eigenvalue weighted by molar-refractivity contribution is 5.86. The second kappa shape index (κ2) is 4.06. The van der Waals surface area contributed by atoms with Crippen LogP contribution in [0.4, 0.5) is 4.79 Å². The molecule has 6 nitrogen and oxygen atoms in total. The van der Waals surface area contributed by atoms with Gasteiger partial charge in [0.1, 0.15) is 6.04 Å². The van der Waals surface area contributed by atoms with E-state index in [0.29, 0.717) is 19.8 Å². The molecule has 2 N–H and O–H groups in total. The fraction of sp³-hybridized carbons (Fsp3) is 0.778. The number of urea groups is 1. The molecule has 6 heteroatoms. The molecule has 2 atom stereocenters. The van der Waals surface area contributed by atoms with Gasteiger partial charge < -0.3 is 20.1 Å². The van der Waals surface area contributed by atoms with E-state index >= 15 is 0 Å². The Hall–Kier alpha value is -1.30. The van der Waals surface area contributed by atoms with Crippen molar-refractivity contribution in [1.82, 2.24) is 10.2 Å². The van der Waals surface area contributed by atoms with Crippen molar-refractivity contribution in [3.05, 3.63) is 0 Å². The van der Waals surface area contributed by atoms with Crippen molar-refractivity contribution < 1.29 is 19.4 Å². The summed E-state index contributed by atoms with van der Waals surface area (Å²) in [5.74, 6) is -0.678. The van der Waals surface area contributed by atoms with Crippen LogP contribution in [0.5, 0.6) is 0 Å². The zero-order valence-electron chi connectivity index (χ0n) is 8.31. The molecule has 2 aliphatic rings. The van der Waals surface area contributed by atoms with Gasteiger partial charge in [-0.1, -0.05) is 0 Å². The monoisotopic (exact) mass is 214 g/mol. The summed E-state index contributed by atoms with van der Waals surface area (Å²) in [6.45, 7) is 2.00. The van der Waals surface area contributed by atoms with Crippen LogP contribution in [0.3, 0.4) is 0 Å². The van der Waals surface area contributed by atoms with Crippen LogP contribution in [-0.2, 0) is 9.53 Å². The van der Waals surface area contributed by atoms with Gasteiger partial charge in [0.15, 0.2) is 0 Å². The van der Waals surface area contributed by atoms with Gasteiger partial charge in [0, 0.05) is 19.1 Å². The second-order valence-electron chi connectivity index (χ2n) is 3.92. The molecule has 0 bridgehead atoms. The lowest BCUT2D eigenvalue weighted by Gasteiger charge is -2.22. The number of aliphatic carboxylic acids is 1. The molecule has 0 aliphatic carbocycles. The first-order valence-electron chi connectivity index (χ1n) is 5.03. The third-order valence-corrected chi connectivity index (χ3v) is 2.85. The fourth-order valence-electron chi connectivity index (χ4n) is 1.97. The zero-order valence-corrected chi connectivity index (χ0v) is 8.31. The molecule has 0 aromatic rings. The molecule has 2 aliphatic heterocycles. The van der Waals surface area contributed by atoms with Crippen LogP contribution in [0, 0.1) is 5.92 Å². The summed E-state index contributed by atoms with van der Waals surface area (Å²) in [6, 6.07) is -1.01. The molecule has 0 spiro atoms. The zero-order chi connectivity index (χ0) is 10.8. The van der Waals surface area contributed by atoms with Gasteiger partial charge in [0.05, 0.1) is 13.2 Å². The SMILES string of the molecule is O=C(O)C1CNC(=O)N1CC1CCOC1. The highest BCUT2D eigenvalue weighted by Crippen LogP contribution is 2.17. The summed E-state index contributed by atoms with van der Waals surface area (Å²) in [7, 11) is 0. The number of amides is 2. The number of hydrogen-bond donors (Lipinski definition) is 2. The van der Waals surface area contributed by atoms with Crippen LogP contribution in [-0.4, -0.2) is 54.4 Å². The summed E-state index contributed by atoms with van der Waals surface area (Å²) >= 11 is 0. The normalized spacial score (nSPS) is 30.7. The lowest BCUT2D eigenvalue weighted by Crippen LogP contribution is -2.42. The van der Waals surface area contributed by atoms with Gasteiger partial charge in [-0.3, -0.25) is 0 Å². The van der Waals surface area contributed by atoms with Crippen molar-refractivity contribution in [3.63, 3.8) is 0 Å². The Kier molecular flexibility index (Phi) is 2.77. The van der Waals surface area contributed by atoms with Crippen molar-refractivity contribution in [2.75, 3.05) is 26.3 Å². The second-order valence-corrected chi connectivity index (χ2v) is 3.92. The molecule has 2 heterocycles. The maximum absolute atomic E-state index is 11.4. The minimum Gasteiger partial charge on any atom is -0.480 e. The molecule has 0 aromatic heterocycles. The van der Waals surface area contributed by atoms with E-state index in [-0.39, 0.29) is 18.5 Å². The number of ether oxygens (including phenoxy) is 1. The summed E-state index contributed by atoms with van der Waals surface area (Å²) in [5, 5.41) is 11.5. The first-order valence-corrected chi connectivity index (χ1v) is 5.03. The molecule has 2 unspecified atom stereocenters. The maximum atomic E-state index is 11.4. The summed E-state index contributed by atoms with van der Waals surface area (Å²) in [6.07, 6.45) is 0.899. The van der Waals surface area contributed by atoms with Crippen molar-refractivity contribution in [2.45, 2.75) is 12.5 Å². The summed E-state index contributed by atoms with van der Waals surface area (Å²) in [5.41, 5.74) is 0. The Morgan fingerprint density at radius 3 is 3.07 bits per heavy atom. The van der Waals surface area contributed by atoms with Gasteiger partial charge in [-0.2, -0.15) is 0 Å². The molecule has 0 aromatic carbocycles. The Labute approximate surface area is 87.2 Å². The number of nitrogens with zero attached hydrogens (tertiary/aromatic N) is 1. The molecule has 0 radical (unpaired) electrons. The molecule has 2 saturated heterocycles. The topological polar surface area (TPSA) is 78.9 Å². The third-order valence-electron chi connectivity index (χ3n) is 2.85. The van der Waals surface area contributed by atoms with E-state index in [1.165, 1.54) is 4.90 Å². The van der Waals surface area contributed by atoms with Crippen LogP contribution in [0.1, 0.15) is 6.42 Å². The van der Waals surface area contributed by atoms with Gasteiger partial charge in [0.25, 0.3) is 0 Å². The van der Waals surface area contributed by atoms with Gasteiger partial charge in [-0.25, -0.2) is 9.59 Å². The third kappa shape index (κ3) is 2.04. The lowest BCUT2D eigenvalue weighted by atomic mass is 10.1. The van der Waals surface area contributed by atoms with Crippen molar-refractivity contribution in [2.24, 2.45) is 5.92 Å². The minimum atomic E-state index is -0.952. The number of nitrogens with one attached hydrogen (secondary N) is 1. The predicted octanol–water partition coefficient (Wildman–Crippen LogP) is -0.499. The van der Waals surface area contributed by atoms with Crippen LogP contribution in [0.15, 0.2) is 0 Å². The van der Waals surface area contributed by atoms with Crippen LogP contribution < -0.4 is 5.32 Å². The van der Waals surface area contributed by atoms with Gasteiger partial charge in [-0.15, -0.1) is 0 Å². The van der Waals surface area contributed by atoms with Gasteiger partial charge >= 0.3 is 12.0 Å². The number of hydrogen-bond acceptors (Lipinski definition) is 3. The van der Waals surface area contributed by atoms with Crippen LogP contribution in [0.25, 0.3) is 0 Å². The molecule has 0 saturated carbocycles. The Morgan fingerprint density at radius 2 is 2.47 bits per heavy atom. The summed E-state index contributed by atoms with van der Waals surface area (Å²) in [4.78, 5) is 23.6. The van der Waals surface area contributed by atoms with E-state index in [9.17, 15) is 9.59 Å². The van der Waals surface area contributed by atoms with Gasteiger partial charge in [-0.05, 0) is 6.42 Å². The molecule has 2 fully saturated rings. The lowest BCUT2D eigenvalue weighted by molar-refractivity contribution is -0.141. The standard InChI is InChI=1S/C9H14N2O4/c12-8(13)7-3-10-9(14)11(7)4-6-1-2-15-5-6/h6-7H,1-5H2,(H,10,14)(H,12,13). The van der Waals surface area contributed by atoms with Crippen molar-refractivity contribution in [1.29, 1.82) is 0 Å². The highest BCUT2D eigenvalue weighted by Gasteiger charge is 2.37. The molecule has 2 rings (SSSR count). The number of carboxylic acids is 1. The Bertz CT molecular complexity index is 275. The highest BCUT2D eigenvalue weighted by atomic mass is 16.5. The number of rotatable bonds is 3. The average molecular weight is 214 g/mol.